The fraction of sp³-hybridized carbons (Fsp3) is 0.611. The van der Waals surface area contributed by atoms with Gasteiger partial charge in [-0.15, -0.1) is 0 Å². The van der Waals surface area contributed by atoms with Crippen molar-refractivity contribution in [3.8, 4) is 0 Å². The van der Waals surface area contributed by atoms with Crippen LogP contribution in [-0.4, -0.2) is 18.0 Å². The average molecular weight is 290 g/mol. The molecule has 0 spiro atoms. The topological polar surface area (TPSA) is 41.1 Å². The number of carbonyl (C=O) groups is 1. The molecule has 0 fully saturated rings. The summed E-state index contributed by atoms with van der Waals surface area (Å²) in [6.07, 6.45) is 1.05. The van der Waals surface area contributed by atoms with Gasteiger partial charge in [-0.1, -0.05) is 45.0 Å². The number of amides is 1. The molecule has 0 aliphatic rings. The van der Waals surface area contributed by atoms with E-state index in [1.807, 2.05) is 20.8 Å². The summed E-state index contributed by atoms with van der Waals surface area (Å²) in [5, 5.41) is 6.36. The van der Waals surface area contributed by atoms with Crippen LogP contribution in [0.3, 0.4) is 0 Å². The smallest absolute Gasteiger partial charge is 0.234 e. The second-order valence-corrected chi connectivity index (χ2v) is 7.00. The van der Waals surface area contributed by atoms with E-state index in [-0.39, 0.29) is 17.5 Å². The lowest BCUT2D eigenvalue weighted by atomic mass is 9.95. The standard InChI is InChI=1S/C18H30N2O/c1-7-14-8-10-15(11-9-14)17(13(2)3)19-12-16(21)20-18(4,5)6/h8-11,13,17,19H,7,12H2,1-6H3,(H,20,21)/t17-/m0/s1. The molecule has 0 unspecified atom stereocenters. The van der Waals surface area contributed by atoms with Gasteiger partial charge in [0.15, 0.2) is 0 Å². The molecule has 0 heterocycles. The van der Waals surface area contributed by atoms with Crippen LogP contribution in [0.4, 0.5) is 0 Å². The lowest BCUT2D eigenvalue weighted by Gasteiger charge is -2.25. The molecule has 118 valence electrons. The fourth-order valence-corrected chi connectivity index (χ4v) is 2.36. The second kappa shape index (κ2) is 7.60. The van der Waals surface area contributed by atoms with E-state index in [2.05, 4.69) is 55.7 Å². The highest BCUT2D eigenvalue weighted by molar-refractivity contribution is 5.78. The molecule has 0 saturated carbocycles. The Balaban J connectivity index is 2.67. The summed E-state index contributed by atoms with van der Waals surface area (Å²) >= 11 is 0. The summed E-state index contributed by atoms with van der Waals surface area (Å²) in [6, 6.07) is 8.86. The Labute approximate surface area is 129 Å². The molecule has 2 N–H and O–H groups in total. The summed E-state index contributed by atoms with van der Waals surface area (Å²) in [6.45, 7) is 12.8. The molecular formula is C18H30N2O. The summed E-state index contributed by atoms with van der Waals surface area (Å²) in [4.78, 5) is 11.9. The minimum Gasteiger partial charge on any atom is -0.350 e. The van der Waals surface area contributed by atoms with Gasteiger partial charge in [-0.2, -0.15) is 0 Å². The Morgan fingerprint density at radius 1 is 1.14 bits per heavy atom. The highest BCUT2D eigenvalue weighted by Crippen LogP contribution is 2.22. The monoisotopic (exact) mass is 290 g/mol. The van der Waals surface area contributed by atoms with Gasteiger partial charge in [-0.05, 0) is 44.2 Å². The van der Waals surface area contributed by atoms with Gasteiger partial charge in [0.25, 0.3) is 0 Å². The van der Waals surface area contributed by atoms with Crippen molar-refractivity contribution in [2.45, 2.75) is 59.5 Å². The first-order valence-electron chi connectivity index (χ1n) is 7.86. The number of benzene rings is 1. The van der Waals surface area contributed by atoms with Crippen molar-refractivity contribution in [1.82, 2.24) is 10.6 Å². The molecule has 0 aliphatic heterocycles. The Bertz CT molecular complexity index is 443. The van der Waals surface area contributed by atoms with E-state index in [1.54, 1.807) is 0 Å². The molecule has 3 heteroatoms. The summed E-state index contributed by atoms with van der Waals surface area (Å²) in [7, 11) is 0. The molecule has 0 radical (unpaired) electrons. The number of aryl methyl sites for hydroxylation is 1. The van der Waals surface area contributed by atoms with Crippen molar-refractivity contribution in [3.63, 3.8) is 0 Å². The zero-order valence-electron chi connectivity index (χ0n) is 14.3. The molecule has 3 nitrogen and oxygen atoms in total. The third-order valence-corrected chi connectivity index (χ3v) is 3.41. The molecule has 1 amide bonds. The highest BCUT2D eigenvalue weighted by atomic mass is 16.2. The van der Waals surface area contributed by atoms with Gasteiger partial charge in [0.1, 0.15) is 0 Å². The highest BCUT2D eigenvalue weighted by Gasteiger charge is 2.18. The van der Waals surface area contributed by atoms with Crippen molar-refractivity contribution >= 4 is 5.91 Å². The van der Waals surface area contributed by atoms with Crippen molar-refractivity contribution in [2.24, 2.45) is 5.92 Å². The number of hydrogen-bond donors (Lipinski definition) is 2. The molecule has 1 rings (SSSR count). The largest absolute Gasteiger partial charge is 0.350 e. The third-order valence-electron chi connectivity index (χ3n) is 3.41. The van der Waals surface area contributed by atoms with Crippen molar-refractivity contribution in [1.29, 1.82) is 0 Å². The van der Waals surface area contributed by atoms with Gasteiger partial charge >= 0.3 is 0 Å². The number of nitrogens with one attached hydrogen (secondary N) is 2. The predicted octanol–water partition coefficient (Wildman–Crippen LogP) is 3.45. The number of hydrogen-bond acceptors (Lipinski definition) is 2. The minimum atomic E-state index is -0.186. The molecule has 0 saturated heterocycles. The molecule has 21 heavy (non-hydrogen) atoms. The summed E-state index contributed by atoms with van der Waals surface area (Å²) in [5.41, 5.74) is 2.40. The van der Waals surface area contributed by atoms with Crippen LogP contribution in [0.1, 0.15) is 58.7 Å². The minimum absolute atomic E-state index is 0.0401. The maximum atomic E-state index is 11.9. The lowest BCUT2D eigenvalue weighted by Crippen LogP contribution is -2.45. The predicted molar refractivity (Wildman–Crippen MR) is 89.3 cm³/mol. The molecule has 0 aromatic heterocycles. The zero-order valence-corrected chi connectivity index (χ0v) is 14.3. The Hall–Kier alpha value is -1.35. The van der Waals surface area contributed by atoms with Crippen LogP contribution in [0.25, 0.3) is 0 Å². The van der Waals surface area contributed by atoms with Crippen LogP contribution < -0.4 is 10.6 Å². The van der Waals surface area contributed by atoms with E-state index < -0.39 is 0 Å². The van der Waals surface area contributed by atoms with Crippen LogP contribution >= 0.6 is 0 Å². The molecule has 1 aromatic carbocycles. The van der Waals surface area contributed by atoms with Crippen molar-refractivity contribution in [2.75, 3.05) is 6.54 Å². The summed E-state index contributed by atoms with van der Waals surface area (Å²) < 4.78 is 0. The van der Waals surface area contributed by atoms with Gasteiger partial charge in [-0.3, -0.25) is 4.79 Å². The normalized spacial score (nSPS) is 13.3. The van der Waals surface area contributed by atoms with Crippen LogP contribution in [-0.2, 0) is 11.2 Å². The SMILES string of the molecule is CCc1ccc([C@@H](NCC(=O)NC(C)(C)C)C(C)C)cc1. The van der Waals surface area contributed by atoms with Crippen LogP contribution in [0.2, 0.25) is 0 Å². The van der Waals surface area contributed by atoms with Gasteiger partial charge in [0.05, 0.1) is 6.54 Å². The van der Waals surface area contributed by atoms with E-state index in [0.29, 0.717) is 12.5 Å². The van der Waals surface area contributed by atoms with E-state index in [9.17, 15) is 4.79 Å². The first kappa shape index (κ1) is 17.7. The maximum Gasteiger partial charge on any atom is 0.234 e. The average Bonchev–Trinajstić information content (AvgIpc) is 2.37. The van der Waals surface area contributed by atoms with Gasteiger partial charge in [-0.25, -0.2) is 0 Å². The maximum absolute atomic E-state index is 11.9. The first-order chi connectivity index (χ1) is 9.73. The number of rotatable bonds is 6. The molecular weight excluding hydrogens is 260 g/mol. The van der Waals surface area contributed by atoms with Crippen molar-refractivity contribution < 1.29 is 4.79 Å². The van der Waals surface area contributed by atoms with Crippen LogP contribution in [0.5, 0.6) is 0 Å². The summed E-state index contributed by atoms with van der Waals surface area (Å²) in [5.74, 6) is 0.471. The van der Waals surface area contributed by atoms with E-state index in [1.165, 1.54) is 11.1 Å². The van der Waals surface area contributed by atoms with E-state index >= 15 is 0 Å². The Kier molecular flexibility index (Phi) is 6.41. The molecule has 1 atom stereocenters. The zero-order chi connectivity index (χ0) is 16.0. The Morgan fingerprint density at radius 2 is 1.71 bits per heavy atom. The van der Waals surface area contributed by atoms with Gasteiger partial charge < -0.3 is 10.6 Å². The van der Waals surface area contributed by atoms with E-state index in [0.717, 1.165) is 6.42 Å². The van der Waals surface area contributed by atoms with Gasteiger partial charge in [0, 0.05) is 11.6 Å². The molecule has 1 aromatic rings. The van der Waals surface area contributed by atoms with E-state index in [4.69, 9.17) is 0 Å². The quantitative estimate of drug-likeness (QED) is 0.842. The second-order valence-electron chi connectivity index (χ2n) is 7.00. The third kappa shape index (κ3) is 6.30. The van der Waals surface area contributed by atoms with Crippen LogP contribution in [0, 0.1) is 5.92 Å². The molecule has 0 bridgehead atoms. The first-order valence-corrected chi connectivity index (χ1v) is 7.86. The number of carbonyl (C=O) groups excluding carboxylic acids is 1. The molecule has 0 aliphatic carbocycles. The van der Waals surface area contributed by atoms with Crippen LogP contribution in [0.15, 0.2) is 24.3 Å². The Morgan fingerprint density at radius 3 is 2.14 bits per heavy atom. The fourth-order valence-electron chi connectivity index (χ4n) is 2.36. The van der Waals surface area contributed by atoms with Gasteiger partial charge in [0.2, 0.25) is 5.91 Å². The van der Waals surface area contributed by atoms with Crippen molar-refractivity contribution in [3.05, 3.63) is 35.4 Å². The lowest BCUT2D eigenvalue weighted by molar-refractivity contribution is -0.121.